The zero-order valence-corrected chi connectivity index (χ0v) is 16.0. The minimum absolute atomic E-state index is 0.191. The topological polar surface area (TPSA) is 89.3 Å². The molecule has 3 aromatic rings. The lowest BCUT2D eigenvalue weighted by Crippen LogP contribution is -2.36. The van der Waals surface area contributed by atoms with E-state index >= 15 is 0 Å². The molecule has 0 radical (unpaired) electrons. The SMILES string of the molecule is Cc1cc(NC(=O)Cn2cnc3nc(N4CCOCC4)sc3c2=O)ccc1F. The van der Waals surface area contributed by atoms with Gasteiger partial charge < -0.3 is 15.0 Å². The van der Waals surface area contributed by atoms with Gasteiger partial charge in [0.1, 0.15) is 23.4 Å². The van der Waals surface area contributed by atoms with Crippen molar-refractivity contribution in [2.45, 2.75) is 13.5 Å². The molecule has 0 atom stereocenters. The van der Waals surface area contributed by atoms with E-state index in [1.807, 2.05) is 0 Å². The molecule has 1 saturated heterocycles. The number of anilines is 2. The van der Waals surface area contributed by atoms with E-state index < -0.39 is 5.91 Å². The van der Waals surface area contributed by atoms with Crippen molar-refractivity contribution in [3.8, 4) is 0 Å². The number of nitrogens with one attached hydrogen (secondary N) is 1. The second-order valence-electron chi connectivity index (χ2n) is 6.44. The van der Waals surface area contributed by atoms with Gasteiger partial charge in [-0.15, -0.1) is 0 Å². The molecule has 0 bridgehead atoms. The Hall–Kier alpha value is -2.85. The average molecular weight is 403 g/mol. The van der Waals surface area contributed by atoms with Crippen molar-refractivity contribution in [2.24, 2.45) is 0 Å². The summed E-state index contributed by atoms with van der Waals surface area (Å²) in [4.78, 5) is 35.7. The number of fused-ring (bicyclic) bond motifs is 1. The summed E-state index contributed by atoms with van der Waals surface area (Å²) in [5, 5.41) is 3.39. The first kappa shape index (κ1) is 18.5. The van der Waals surface area contributed by atoms with E-state index in [4.69, 9.17) is 4.74 Å². The Morgan fingerprint density at radius 1 is 1.36 bits per heavy atom. The predicted octanol–water partition coefficient (Wildman–Crippen LogP) is 1.78. The highest BCUT2D eigenvalue weighted by Crippen LogP contribution is 2.25. The summed E-state index contributed by atoms with van der Waals surface area (Å²) in [5.41, 5.74) is 0.964. The van der Waals surface area contributed by atoms with Gasteiger partial charge in [-0.05, 0) is 30.7 Å². The number of amides is 1. The molecule has 28 heavy (non-hydrogen) atoms. The van der Waals surface area contributed by atoms with E-state index in [2.05, 4.69) is 20.2 Å². The highest BCUT2D eigenvalue weighted by molar-refractivity contribution is 7.22. The first-order valence-electron chi connectivity index (χ1n) is 8.76. The maximum atomic E-state index is 13.3. The van der Waals surface area contributed by atoms with Gasteiger partial charge in [0.2, 0.25) is 5.91 Å². The monoisotopic (exact) mass is 403 g/mol. The zero-order valence-electron chi connectivity index (χ0n) is 15.1. The van der Waals surface area contributed by atoms with Crippen molar-refractivity contribution in [1.29, 1.82) is 0 Å². The number of halogens is 1. The van der Waals surface area contributed by atoms with Crippen molar-refractivity contribution in [3.05, 3.63) is 46.3 Å². The smallest absolute Gasteiger partial charge is 0.273 e. The van der Waals surface area contributed by atoms with Gasteiger partial charge in [0.15, 0.2) is 10.8 Å². The summed E-state index contributed by atoms with van der Waals surface area (Å²) in [6.07, 6.45) is 1.32. The van der Waals surface area contributed by atoms with E-state index in [1.165, 1.54) is 40.4 Å². The number of carbonyl (C=O) groups is 1. The fraction of sp³-hybridized carbons (Fsp3) is 0.333. The minimum Gasteiger partial charge on any atom is -0.378 e. The summed E-state index contributed by atoms with van der Waals surface area (Å²) in [7, 11) is 0. The Morgan fingerprint density at radius 2 is 2.14 bits per heavy atom. The third kappa shape index (κ3) is 3.73. The molecule has 1 aliphatic rings. The molecule has 8 nitrogen and oxygen atoms in total. The Morgan fingerprint density at radius 3 is 2.89 bits per heavy atom. The third-order valence-corrected chi connectivity index (χ3v) is 5.50. The molecule has 0 aliphatic carbocycles. The summed E-state index contributed by atoms with van der Waals surface area (Å²) in [6, 6.07) is 4.30. The summed E-state index contributed by atoms with van der Waals surface area (Å²) >= 11 is 1.27. The van der Waals surface area contributed by atoms with Crippen LogP contribution in [0.5, 0.6) is 0 Å². The van der Waals surface area contributed by atoms with Crippen LogP contribution >= 0.6 is 11.3 Å². The number of benzene rings is 1. The van der Waals surface area contributed by atoms with Gasteiger partial charge in [0, 0.05) is 18.8 Å². The molecule has 0 saturated carbocycles. The fourth-order valence-electron chi connectivity index (χ4n) is 2.92. The molecule has 3 heterocycles. The average Bonchev–Trinajstić information content (AvgIpc) is 3.13. The van der Waals surface area contributed by atoms with Gasteiger partial charge in [-0.25, -0.2) is 9.37 Å². The van der Waals surface area contributed by atoms with Crippen LogP contribution < -0.4 is 15.8 Å². The summed E-state index contributed by atoms with van der Waals surface area (Å²) in [5.74, 6) is -0.739. The van der Waals surface area contributed by atoms with E-state index in [-0.39, 0.29) is 17.9 Å². The van der Waals surface area contributed by atoms with Crippen LogP contribution in [0, 0.1) is 12.7 Å². The van der Waals surface area contributed by atoms with Crippen molar-refractivity contribution < 1.29 is 13.9 Å². The fourth-order valence-corrected chi connectivity index (χ4v) is 3.94. The number of aromatic nitrogens is 3. The van der Waals surface area contributed by atoms with Gasteiger partial charge in [-0.3, -0.25) is 14.2 Å². The van der Waals surface area contributed by atoms with Gasteiger partial charge in [0.05, 0.1) is 13.2 Å². The van der Waals surface area contributed by atoms with Crippen LogP contribution in [0.1, 0.15) is 5.56 Å². The van der Waals surface area contributed by atoms with E-state index in [1.54, 1.807) is 6.92 Å². The molecule has 1 amide bonds. The number of morpholine rings is 1. The number of hydrogen-bond acceptors (Lipinski definition) is 7. The number of rotatable bonds is 4. The van der Waals surface area contributed by atoms with Gasteiger partial charge in [-0.2, -0.15) is 4.98 Å². The Bertz CT molecular complexity index is 1090. The van der Waals surface area contributed by atoms with Crippen molar-refractivity contribution >= 4 is 38.4 Å². The molecule has 146 valence electrons. The molecule has 2 aromatic heterocycles. The van der Waals surface area contributed by atoms with E-state index in [0.717, 1.165) is 5.13 Å². The molecule has 1 fully saturated rings. The number of thiazole rings is 1. The van der Waals surface area contributed by atoms with Gasteiger partial charge in [0.25, 0.3) is 5.56 Å². The standard InChI is InChI=1S/C18H18FN5O3S/c1-11-8-12(2-3-13(11)19)21-14(25)9-24-10-20-16-15(17(24)26)28-18(22-16)23-4-6-27-7-5-23/h2-3,8,10H,4-7,9H2,1H3,(H,21,25). The first-order valence-corrected chi connectivity index (χ1v) is 9.57. The summed E-state index contributed by atoms with van der Waals surface area (Å²) in [6.45, 7) is 4.10. The van der Waals surface area contributed by atoms with Crippen LogP contribution in [0.2, 0.25) is 0 Å². The number of ether oxygens (including phenoxy) is 1. The van der Waals surface area contributed by atoms with Crippen LogP contribution in [0.15, 0.2) is 29.3 Å². The first-order chi connectivity index (χ1) is 13.5. The largest absolute Gasteiger partial charge is 0.378 e. The normalized spacial score (nSPS) is 14.4. The molecule has 1 N–H and O–H groups in total. The van der Waals surface area contributed by atoms with Crippen molar-refractivity contribution in [2.75, 3.05) is 36.5 Å². The molecule has 0 unspecified atom stereocenters. The lowest BCUT2D eigenvalue weighted by Gasteiger charge is -2.25. The lowest BCUT2D eigenvalue weighted by molar-refractivity contribution is -0.116. The quantitative estimate of drug-likeness (QED) is 0.714. The van der Waals surface area contributed by atoms with Gasteiger partial charge >= 0.3 is 0 Å². The minimum atomic E-state index is -0.396. The van der Waals surface area contributed by atoms with Crippen LogP contribution in [-0.4, -0.2) is 46.7 Å². The van der Waals surface area contributed by atoms with Crippen LogP contribution in [-0.2, 0) is 16.1 Å². The maximum absolute atomic E-state index is 13.3. The molecule has 10 heteroatoms. The number of carbonyl (C=O) groups excluding carboxylic acids is 1. The van der Waals surface area contributed by atoms with E-state index in [0.29, 0.717) is 47.9 Å². The third-order valence-electron chi connectivity index (χ3n) is 4.41. The molecular formula is C18H18FN5O3S. The van der Waals surface area contributed by atoms with Crippen molar-refractivity contribution in [1.82, 2.24) is 14.5 Å². The highest BCUT2D eigenvalue weighted by atomic mass is 32.1. The zero-order chi connectivity index (χ0) is 19.7. The molecule has 0 spiro atoms. The van der Waals surface area contributed by atoms with Crippen LogP contribution in [0.3, 0.4) is 0 Å². The number of hydrogen-bond donors (Lipinski definition) is 1. The molecule has 1 aliphatic heterocycles. The second-order valence-corrected chi connectivity index (χ2v) is 7.42. The Labute approximate surface area is 163 Å². The van der Waals surface area contributed by atoms with Gasteiger partial charge in [-0.1, -0.05) is 11.3 Å². The second kappa shape index (κ2) is 7.64. The highest BCUT2D eigenvalue weighted by Gasteiger charge is 2.18. The lowest BCUT2D eigenvalue weighted by atomic mass is 10.2. The molecular weight excluding hydrogens is 385 g/mol. The van der Waals surface area contributed by atoms with Crippen molar-refractivity contribution in [3.63, 3.8) is 0 Å². The maximum Gasteiger partial charge on any atom is 0.273 e. The molecule has 4 rings (SSSR count). The Kier molecular flexibility index (Phi) is 5.05. The molecule has 1 aromatic carbocycles. The summed E-state index contributed by atoms with van der Waals surface area (Å²) < 4.78 is 20.3. The number of nitrogens with zero attached hydrogens (tertiary/aromatic N) is 4. The van der Waals surface area contributed by atoms with Crippen LogP contribution in [0.25, 0.3) is 10.3 Å². The van der Waals surface area contributed by atoms with E-state index in [9.17, 15) is 14.0 Å². The Balaban J connectivity index is 1.53. The van der Waals surface area contributed by atoms with Crippen LogP contribution in [0.4, 0.5) is 15.2 Å². The number of aryl methyl sites for hydroxylation is 1. The predicted molar refractivity (Wildman–Crippen MR) is 104 cm³/mol.